The molecule has 0 aliphatic heterocycles. The summed E-state index contributed by atoms with van der Waals surface area (Å²) in [7, 11) is 0. The second-order valence-corrected chi connectivity index (χ2v) is 4.84. The highest BCUT2D eigenvalue weighted by molar-refractivity contribution is 7.07. The molecular formula is C10H17N3S. The molecule has 2 rings (SSSR count). The molecule has 0 radical (unpaired) electrons. The topological polar surface area (TPSA) is 50.9 Å². The zero-order chi connectivity index (χ0) is 9.86. The zero-order valence-corrected chi connectivity index (χ0v) is 9.15. The summed E-state index contributed by atoms with van der Waals surface area (Å²) in [6.07, 6.45) is 4.66. The molecule has 1 aliphatic carbocycles. The van der Waals surface area contributed by atoms with Crippen LogP contribution in [0.5, 0.6) is 0 Å². The first-order valence-electron chi connectivity index (χ1n) is 5.15. The molecule has 1 aliphatic rings. The Balaban J connectivity index is 1.59. The van der Waals surface area contributed by atoms with E-state index < -0.39 is 0 Å². The van der Waals surface area contributed by atoms with Crippen LogP contribution in [0.2, 0.25) is 0 Å². The molecule has 14 heavy (non-hydrogen) atoms. The molecule has 0 amide bonds. The van der Waals surface area contributed by atoms with Crippen LogP contribution in [0.1, 0.15) is 25.0 Å². The number of hydrogen-bond acceptors (Lipinski definition) is 4. The van der Waals surface area contributed by atoms with E-state index in [1.807, 2.05) is 5.51 Å². The lowest BCUT2D eigenvalue weighted by Gasteiger charge is -2.38. The molecule has 1 heterocycles. The maximum Gasteiger partial charge on any atom is 0.0794 e. The number of rotatable bonds is 5. The molecule has 0 saturated heterocycles. The molecule has 1 saturated carbocycles. The maximum absolute atomic E-state index is 6.09. The Kier molecular flexibility index (Phi) is 3.15. The Hall–Kier alpha value is -0.450. The lowest BCUT2D eigenvalue weighted by molar-refractivity contribution is 0.240. The highest BCUT2D eigenvalue weighted by Crippen LogP contribution is 2.27. The van der Waals surface area contributed by atoms with Gasteiger partial charge in [-0.1, -0.05) is 0 Å². The Morgan fingerprint density at radius 1 is 1.57 bits per heavy atom. The van der Waals surface area contributed by atoms with E-state index in [-0.39, 0.29) is 5.54 Å². The molecule has 0 aromatic carbocycles. The van der Waals surface area contributed by atoms with Crippen molar-refractivity contribution in [3.8, 4) is 0 Å². The third-order valence-electron chi connectivity index (χ3n) is 2.87. The monoisotopic (exact) mass is 211 g/mol. The average molecular weight is 211 g/mol. The van der Waals surface area contributed by atoms with E-state index >= 15 is 0 Å². The van der Waals surface area contributed by atoms with E-state index in [9.17, 15) is 0 Å². The quantitative estimate of drug-likeness (QED) is 0.719. The Labute approximate surface area is 88.7 Å². The van der Waals surface area contributed by atoms with Gasteiger partial charge in [0, 0.05) is 30.4 Å². The van der Waals surface area contributed by atoms with Gasteiger partial charge in [-0.3, -0.25) is 0 Å². The summed E-state index contributed by atoms with van der Waals surface area (Å²) in [6, 6.07) is 0. The second-order valence-electron chi connectivity index (χ2n) is 4.12. The number of nitrogens with one attached hydrogen (secondary N) is 1. The summed E-state index contributed by atoms with van der Waals surface area (Å²) in [5.74, 6) is 0. The minimum absolute atomic E-state index is 0.0993. The van der Waals surface area contributed by atoms with E-state index in [1.54, 1.807) is 11.3 Å². The fraction of sp³-hybridized carbons (Fsp3) is 0.700. The number of hydrogen-bond donors (Lipinski definition) is 2. The van der Waals surface area contributed by atoms with Gasteiger partial charge >= 0.3 is 0 Å². The number of nitrogens with zero attached hydrogens (tertiary/aromatic N) is 1. The van der Waals surface area contributed by atoms with Crippen molar-refractivity contribution < 1.29 is 0 Å². The van der Waals surface area contributed by atoms with Crippen molar-refractivity contribution in [2.24, 2.45) is 5.73 Å². The molecule has 1 aromatic rings. The van der Waals surface area contributed by atoms with Gasteiger partial charge in [0.1, 0.15) is 0 Å². The predicted octanol–water partition coefficient (Wildman–Crippen LogP) is 1.16. The average Bonchev–Trinajstić information content (AvgIpc) is 2.62. The minimum atomic E-state index is 0.0993. The summed E-state index contributed by atoms with van der Waals surface area (Å²) in [5, 5.41) is 5.51. The van der Waals surface area contributed by atoms with E-state index in [0.717, 1.165) is 19.5 Å². The Bertz CT molecular complexity index is 267. The number of aromatic nitrogens is 1. The van der Waals surface area contributed by atoms with Crippen LogP contribution in [-0.2, 0) is 6.42 Å². The van der Waals surface area contributed by atoms with Gasteiger partial charge < -0.3 is 11.1 Å². The van der Waals surface area contributed by atoms with Gasteiger partial charge in [0.2, 0.25) is 0 Å². The van der Waals surface area contributed by atoms with Crippen molar-refractivity contribution in [2.75, 3.05) is 13.1 Å². The van der Waals surface area contributed by atoms with Gasteiger partial charge in [0.25, 0.3) is 0 Å². The smallest absolute Gasteiger partial charge is 0.0794 e. The normalized spacial score (nSPS) is 19.2. The molecule has 1 fully saturated rings. The fourth-order valence-corrected chi connectivity index (χ4v) is 2.32. The van der Waals surface area contributed by atoms with Crippen molar-refractivity contribution in [3.05, 3.63) is 16.6 Å². The number of thiazole rings is 1. The summed E-state index contributed by atoms with van der Waals surface area (Å²) < 4.78 is 0. The molecule has 1 aromatic heterocycles. The standard InChI is InChI=1S/C10H17N3S/c11-10(3-1-4-10)7-12-5-2-9-6-14-8-13-9/h6,8,12H,1-5,7,11H2. The van der Waals surface area contributed by atoms with E-state index in [4.69, 9.17) is 5.73 Å². The molecule has 3 N–H and O–H groups in total. The van der Waals surface area contributed by atoms with Crippen LogP contribution in [0, 0.1) is 0 Å². The maximum atomic E-state index is 6.09. The highest BCUT2D eigenvalue weighted by Gasteiger charge is 2.31. The van der Waals surface area contributed by atoms with Crippen LogP contribution >= 0.6 is 11.3 Å². The summed E-state index contributed by atoms with van der Waals surface area (Å²) in [4.78, 5) is 4.23. The van der Waals surface area contributed by atoms with Gasteiger partial charge in [0.15, 0.2) is 0 Å². The first kappa shape index (κ1) is 10.1. The molecule has 0 unspecified atom stereocenters. The van der Waals surface area contributed by atoms with Crippen LogP contribution in [0.15, 0.2) is 10.9 Å². The van der Waals surface area contributed by atoms with Crippen molar-refractivity contribution >= 4 is 11.3 Å². The van der Waals surface area contributed by atoms with E-state index in [2.05, 4.69) is 15.7 Å². The first-order valence-corrected chi connectivity index (χ1v) is 6.09. The van der Waals surface area contributed by atoms with Gasteiger partial charge in [0.05, 0.1) is 11.2 Å². The zero-order valence-electron chi connectivity index (χ0n) is 8.33. The third kappa shape index (κ3) is 2.53. The summed E-state index contributed by atoms with van der Waals surface area (Å²) in [5.41, 5.74) is 9.25. The molecule has 4 heteroatoms. The van der Waals surface area contributed by atoms with Crippen LogP contribution in [0.3, 0.4) is 0 Å². The van der Waals surface area contributed by atoms with Crippen LogP contribution in [-0.4, -0.2) is 23.6 Å². The molecule has 0 spiro atoms. The van der Waals surface area contributed by atoms with Crippen LogP contribution in [0.25, 0.3) is 0 Å². The molecule has 3 nitrogen and oxygen atoms in total. The number of nitrogens with two attached hydrogens (primary N) is 1. The predicted molar refractivity (Wildman–Crippen MR) is 59.5 cm³/mol. The van der Waals surface area contributed by atoms with Crippen molar-refractivity contribution in [2.45, 2.75) is 31.2 Å². The van der Waals surface area contributed by atoms with Crippen LogP contribution < -0.4 is 11.1 Å². The third-order valence-corrected chi connectivity index (χ3v) is 3.50. The van der Waals surface area contributed by atoms with Crippen LogP contribution in [0.4, 0.5) is 0 Å². The largest absolute Gasteiger partial charge is 0.324 e. The Morgan fingerprint density at radius 3 is 3.00 bits per heavy atom. The van der Waals surface area contributed by atoms with Gasteiger partial charge in [-0.05, 0) is 19.3 Å². The molecule has 0 bridgehead atoms. The second kappa shape index (κ2) is 4.38. The van der Waals surface area contributed by atoms with Crippen molar-refractivity contribution in [1.29, 1.82) is 0 Å². The Morgan fingerprint density at radius 2 is 2.43 bits per heavy atom. The molecule has 78 valence electrons. The lowest BCUT2D eigenvalue weighted by atomic mass is 9.78. The van der Waals surface area contributed by atoms with Crippen molar-refractivity contribution in [1.82, 2.24) is 10.3 Å². The van der Waals surface area contributed by atoms with E-state index in [0.29, 0.717) is 0 Å². The minimum Gasteiger partial charge on any atom is -0.324 e. The highest BCUT2D eigenvalue weighted by atomic mass is 32.1. The first-order chi connectivity index (χ1) is 6.79. The summed E-state index contributed by atoms with van der Waals surface area (Å²) >= 11 is 1.66. The fourth-order valence-electron chi connectivity index (χ4n) is 1.72. The molecule has 0 atom stereocenters. The lowest BCUT2D eigenvalue weighted by Crippen LogP contribution is -2.54. The molecular weight excluding hydrogens is 194 g/mol. The SMILES string of the molecule is NC1(CNCCc2cscn2)CCC1. The van der Waals surface area contributed by atoms with E-state index in [1.165, 1.54) is 25.0 Å². The van der Waals surface area contributed by atoms with Crippen molar-refractivity contribution in [3.63, 3.8) is 0 Å². The van der Waals surface area contributed by atoms with Gasteiger partial charge in [-0.15, -0.1) is 11.3 Å². The van der Waals surface area contributed by atoms with Gasteiger partial charge in [-0.2, -0.15) is 0 Å². The summed E-state index contributed by atoms with van der Waals surface area (Å²) in [6.45, 7) is 1.94. The van der Waals surface area contributed by atoms with Gasteiger partial charge in [-0.25, -0.2) is 4.98 Å².